The Morgan fingerprint density at radius 2 is 2.17 bits per heavy atom. The van der Waals surface area contributed by atoms with Gasteiger partial charge in [0.1, 0.15) is 0 Å². The molecule has 6 heteroatoms. The molecule has 0 aliphatic carbocycles. The predicted molar refractivity (Wildman–Crippen MR) is 67.1 cm³/mol. The van der Waals surface area contributed by atoms with Crippen molar-refractivity contribution in [1.29, 1.82) is 0 Å². The maximum absolute atomic E-state index is 9.47. The monoisotopic (exact) mass is 266 g/mol. The molecule has 96 valence electrons. The van der Waals surface area contributed by atoms with Crippen LogP contribution < -0.4 is 0 Å². The van der Waals surface area contributed by atoms with Crippen LogP contribution in [0.2, 0.25) is 0 Å². The number of rotatable bonds is 3. The van der Waals surface area contributed by atoms with Gasteiger partial charge >= 0.3 is 0 Å². The van der Waals surface area contributed by atoms with Crippen molar-refractivity contribution in [1.82, 2.24) is 10.1 Å². The summed E-state index contributed by atoms with van der Waals surface area (Å²) in [5, 5.41) is 24.9. The molecule has 2 aromatic heterocycles. The molecule has 0 bridgehead atoms. The van der Waals surface area contributed by atoms with Crippen molar-refractivity contribution in [3.8, 4) is 10.6 Å². The quantitative estimate of drug-likeness (QED) is 0.865. The molecule has 2 aromatic rings. The van der Waals surface area contributed by atoms with Crippen molar-refractivity contribution in [3.63, 3.8) is 0 Å². The Morgan fingerprint density at radius 3 is 2.83 bits per heavy atom. The van der Waals surface area contributed by atoms with Crippen LogP contribution in [0.4, 0.5) is 0 Å². The number of hydrogen-bond acceptors (Lipinski definition) is 6. The predicted octanol–water partition coefficient (Wildman–Crippen LogP) is 0.940. The molecule has 0 spiro atoms. The van der Waals surface area contributed by atoms with Gasteiger partial charge in [-0.15, -0.1) is 11.3 Å². The summed E-state index contributed by atoms with van der Waals surface area (Å²) in [5.41, 5.74) is 0.819. The Bertz CT molecular complexity index is 501. The summed E-state index contributed by atoms with van der Waals surface area (Å²) in [4.78, 5) is 3.01. The first kappa shape index (κ1) is 11.9. The van der Waals surface area contributed by atoms with Gasteiger partial charge in [-0.25, -0.2) is 0 Å². The highest BCUT2D eigenvalue weighted by Gasteiger charge is 2.29. The summed E-state index contributed by atoms with van der Waals surface area (Å²) in [6.45, 7) is 1.54. The molecule has 2 N–H and O–H groups in total. The summed E-state index contributed by atoms with van der Waals surface area (Å²) in [5.74, 6) is 0.764. The largest absolute Gasteiger partial charge is 0.389 e. The molecule has 0 radical (unpaired) electrons. The van der Waals surface area contributed by atoms with E-state index in [0.29, 0.717) is 19.6 Å². The molecule has 0 saturated carbocycles. The van der Waals surface area contributed by atoms with Crippen molar-refractivity contribution < 1.29 is 14.7 Å². The van der Waals surface area contributed by atoms with Crippen molar-refractivity contribution in [3.05, 3.63) is 29.3 Å². The second-order valence-corrected chi connectivity index (χ2v) is 5.44. The average molecular weight is 266 g/mol. The fourth-order valence-corrected chi connectivity index (χ4v) is 2.80. The summed E-state index contributed by atoms with van der Waals surface area (Å²) in [7, 11) is 0. The third-order valence-electron chi connectivity index (χ3n) is 3.04. The van der Waals surface area contributed by atoms with E-state index in [1.165, 1.54) is 0 Å². The van der Waals surface area contributed by atoms with Crippen LogP contribution in [-0.4, -0.2) is 45.6 Å². The molecule has 1 aliphatic heterocycles. The molecule has 0 amide bonds. The SMILES string of the molecule is OC1CN(Cc2cc(-c3cccs3)on2)CC1O. The highest BCUT2D eigenvalue weighted by Crippen LogP contribution is 2.25. The standard InChI is InChI=1S/C12H14N2O3S/c15-9-6-14(7-10(9)16)5-8-4-11(17-13-8)12-2-1-3-18-12/h1-4,9-10,15-16H,5-7H2. The zero-order valence-corrected chi connectivity index (χ0v) is 10.5. The molecule has 1 fully saturated rings. The number of thiophene rings is 1. The molecule has 0 aromatic carbocycles. The minimum atomic E-state index is -0.659. The van der Waals surface area contributed by atoms with E-state index in [1.807, 2.05) is 28.5 Å². The molecule has 3 heterocycles. The maximum atomic E-state index is 9.47. The molecule has 3 rings (SSSR count). The van der Waals surface area contributed by atoms with Gasteiger partial charge in [-0.3, -0.25) is 4.90 Å². The van der Waals surface area contributed by atoms with E-state index in [9.17, 15) is 10.2 Å². The van der Waals surface area contributed by atoms with Crippen LogP contribution in [0.25, 0.3) is 10.6 Å². The van der Waals surface area contributed by atoms with E-state index < -0.39 is 12.2 Å². The van der Waals surface area contributed by atoms with Gasteiger partial charge in [0.15, 0.2) is 5.76 Å². The van der Waals surface area contributed by atoms with Gasteiger partial charge in [0.25, 0.3) is 0 Å². The summed E-state index contributed by atoms with van der Waals surface area (Å²) in [6, 6.07) is 5.86. The Kier molecular flexibility index (Phi) is 3.17. The fourth-order valence-electron chi connectivity index (χ4n) is 2.13. The van der Waals surface area contributed by atoms with Crippen molar-refractivity contribution in [2.24, 2.45) is 0 Å². The maximum Gasteiger partial charge on any atom is 0.177 e. The van der Waals surface area contributed by atoms with E-state index in [1.54, 1.807) is 11.3 Å². The first-order chi connectivity index (χ1) is 8.72. The summed E-state index contributed by atoms with van der Waals surface area (Å²) >= 11 is 1.61. The lowest BCUT2D eigenvalue weighted by atomic mass is 10.3. The second kappa shape index (κ2) is 4.81. The topological polar surface area (TPSA) is 69.7 Å². The van der Waals surface area contributed by atoms with Crippen LogP contribution in [0.5, 0.6) is 0 Å². The van der Waals surface area contributed by atoms with Crippen LogP contribution >= 0.6 is 11.3 Å². The number of hydrogen-bond donors (Lipinski definition) is 2. The first-order valence-electron chi connectivity index (χ1n) is 5.80. The van der Waals surface area contributed by atoms with E-state index in [0.717, 1.165) is 16.3 Å². The molecular formula is C12H14N2O3S. The molecule has 1 aliphatic rings. The van der Waals surface area contributed by atoms with Crippen LogP contribution in [0, 0.1) is 0 Å². The lowest BCUT2D eigenvalue weighted by molar-refractivity contribution is 0.0572. The third kappa shape index (κ3) is 2.32. The zero-order valence-electron chi connectivity index (χ0n) is 9.69. The highest BCUT2D eigenvalue weighted by atomic mass is 32.1. The Labute approximate surface area is 108 Å². The molecule has 1 saturated heterocycles. The minimum absolute atomic E-state index is 0.475. The molecule has 2 unspecified atom stereocenters. The number of aliphatic hydroxyl groups is 2. The van der Waals surface area contributed by atoms with Crippen molar-refractivity contribution in [2.45, 2.75) is 18.8 Å². The van der Waals surface area contributed by atoms with E-state index in [4.69, 9.17) is 4.52 Å². The van der Waals surface area contributed by atoms with Gasteiger partial charge < -0.3 is 14.7 Å². The fraction of sp³-hybridized carbons (Fsp3) is 0.417. The average Bonchev–Trinajstić information content (AvgIpc) is 3.02. The van der Waals surface area contributed by atoms with Crippen LogP contribution in [-0.2, 0) is 6.54 Å². The van der Waals surface area contributed by atoms with Crippen LogP contribution in [0.3, 0.4) is 0 Å². The van der Waals surface area contributed by atoms with E-state index in [2.05, 4.69) is 5.16 Å². The number of β-amino-alcohol motifs (C(OH)–C–C–N with tert-alkyl or cyclic N) is 2. The number of aromatic nitrogens is 1. The lowest BCUT2D eigenvalue weighted by Gasteiger charge is -2.11. The van der Waals surface area contributed by atoms with Gasteiger partial charge in [-0.05, 0) is 11.4 Å². The number of nitrogens with zero attached hydrogens (tertiary/aromatic N) is 2. The van der Waals surface area contributed by atoms with Gasteiger partial charge in [0.2, 0.25) is 0 Å². The molecule has 18 heavy (non-hydrogen) atoms. The van der Waals surface area contributed by atoms with Crippen molar-refractivity contribution in [2.75, 3.05) is 13.1 Å². The normalized spacial score (nSPS) is 24.8. The highest BCUT2D eigenvalue weighted by molar-refractivity contribution is 7.13. The first-order valence-corrected chi connectivity index (χ1v) is 6.68. The zero-order chi connectivity index (χ0) is 12.5. The van der Waals surface area contributed by atoms with Gasteiger partial charge in [0, 0.05) is 25.7 Å². The van der Waals surface area contributed by atoms with Crippen molar-refractivity contribution >= 4 is 11.3 Å². The smallest absolute Gasteiger partial charge is 0.177 e. The van der Waals surface area contributed by atoms with E-state index in [-0.39, 0.29) is 0 Å². The Hall–Kier alpha value is -1.21. The molecular weight excluding hydrogens is 252 g/mol. The van der Waals surface area contributed by atoms with E-state index >= 15 is 0 Å². The van der Waals surface area contributed by atoms with Gasteiger partial charge in [0.05, 0.1) is 22.8 Å². The Balaban J connectivity index is 1.68. The van der Waals surface area contributed by atoms with Crippen LogP contribution in [0.15, 0.2) is 28.1 Å². The Morgan fingerprint density at radius 1 is 1.39 bits per heavy atom. The molecule has 5 nitrogen and oxygen atoms in total. The third-order valence-corrected chi connectivity index (χ3v) is 3.93. The van der Waals surface area contributed by atoms with Gasteiger partial charge in [-0.1, -0.05) is 11.2 Å². The lowest BCUT2D eigenvalue weighted by Crippen LogP contribution is -2.22. The number of likely N-dealkylation sites (tertiary alicyclic amines) is 1. The van der Waals surface area contributed by atoms with Crippen LogP contribution in [0.1, 0.15) is 5.69 Å². The summed E-state index contributed by atoms with van der Waals surface area (Å²) in [6.07, 6.45) is -1.32. The van der Waals surface area contributed by atoms with Gasteiger partial charge in [-0.2, -0.15) is 0 Å². The minimum Gasteiger partial charge on any atom is -0.389 e. The molecule has 2 atom stereocenters. The second-order valence-electron chi connectivity index (χ2n) is 4.49. The summed E-state index contributed by atoms with van der Waals surface area (Å²) < 4.78 is 5.28. The number of aliphatic hydroxyl groups excluding tert-OH is 2.